The lowest BCUT2D eigenvalue weighted by Crippen LogP contribution is -2.73. The van der Waals surface area contributed by atoms with Gasteiger partial charge < -0.3 is 19.8 Å². The van der Waals surface area contributed by atoms with E-state index in [4.69, 9.17) is 4.74 Å². The number of hydrogen-bond acceptors (Lipinski definition) is 5. The van der Waals surface area contributed by atoms with E-state index in [1.165, 1.54) is 4.90 Å². The van der Waals surface area contributed by atoms with Gasteiger partial charge in [-0.05, 0) is 39.4 Å². The SMILES string of the molecule is CC(C)(C)OC(=O)N1CC(C(=O)O)(C2(O)CCCSC2)C1. The molecule has 120 valence electrons. The lowest BCUT2D eigenvalue weighted by molar-refractivity contribution is -0.191. The average molecular weight is 317 g/mol. The Hall–Kier alpha value is -0.950. The summed E-state index contributed by atoms with van der Waals surface area (Å²) in [6.07, 6.45) is 0.739. The van der Waals surface area contributed by atoms with Crippen molar-refractivity contribution >= 4 is 23.8 Å². The zero-order valence-electron chi connectivity index (χ0n) is 12.7. The van der Waals surface area contributed by atoms with E-state index in [1.54, 1.807) is 32.5 Å². The summed E-state index contributed by atoms with van der Waals surface area (Å²) in [6.45, 7) is 5.31. The summed E-state index contributed by atoms with van der Waals surface area (Å²) in [6, 6.07) is 0. The number of hydrogen-bond donors (Lipinski definition) is 2. The van der Waals surface area contributed by atoms with Crippen LogP contribution in [0.5, 0.6) is 0 Å². The summed E-state index contributed by atoms with van der Waals surface area (Å²) in [5.74, 6) is 0.308. The minimum atomic E-state index is -1.27. The van der Waals surface area contributed by atoms with E-state index in [0.29, 0.717) is 12.2 Å². The summed E-state index contributed by atoms with van der Waals surface area (Å²) in [5, 5.41) is 20.3. The van der Waals surface area contributed by atoms with E-state index in [1.807, 2.05) is 0 Å². The number of rotatable bonds is 2. The van der Waals surface area contributed by atoms with Crippen LogP contribution in [0, 0.1) is 5.41 Å². The quantitative estimate of drug-likeness (QED) is 0.804. The number of ether oxygens (including phenoxy) is 1. The fourth-order valence-corrected chi connectivity index (χ4v) is 4.10. The lowest BCUT2D eigenvalue weighted by atomic mass is 9.65. The van der Waals surface area contributed by atoms with Gasteiger partial charge in [-0.15, -0.1) is 0 Å². The van der Waals surface area contributed by atoms with Crippen LogP contribution in [0.2, 0.25) is 0 Å². The number of carbonyl (C=O) groups is 2. The van der Waals surface area contributed by atoms with Gasteiger partial charge in [0.05, 0.1) is 5.60 Å². The molecule has 2 rings (SSSR count). The molecular formula is C14H23NO5S. The van der Waals surface area contributed by atoms with Gasteiger partial charge in [0.1, 0.15) is 11.0 Å². The number of likely N-dealkylation sites (tertiary alicyclic amines) is 1. The van der Waals surface area contributed by atoms with Gasteiger partial charge in [0.2, 0.25) is 0 Å². The summed E-state index contributed by atoms with van der Waals surface area (Å²) >= 11 is 1.57. The van der Waals surface area contributed by atoms with Gasteiger partial charge in [-0.3, -0.25) is 4.79 Å². The molecule has 0 aromatic rings. The van der Waals surface area contributed by atoms with Gasteiger partial charge in [-0.1, -0.05) is 0 Å². The summed E-state index contributed by atoms with van der Waals surface area (Å²) < 4.78 is 5.24. The van der Waals surface area contributed by atoms with Gasteiger partial charge in [-0.25, -0.2) is 4.79 Å². The standard InChI is InChI=1S/C14H23NO5S/c1-12(2,3)20-11(18)15-7-13(8-15,10(16)17)14(19)5-4-6-21-9-14/h19H,4-9H2,1-3H3,(H,16,17). The predicted octanol–water partition coefficient (Wildman–Crippen LogP) is 1.57. The third-order valence-electron chi connectivity index (χ3n) is 4.09. The van der Waals surface area contributed by atoms with Crippen LogP contribution in [0.1, 0.15) is 33.6 Å². The zero-order chi connectivity index (χ0) is 15.9. The van der Waals surface area contributed by atoms with Crippen molar-refractivity contribution in [3.63, 3.8) is 0 Å². The summed E-state index contributed by atoms with van der Waals surface area (Å²) in [5.41, 5.74) is -3.13. The Labute approximate surface area is 128 Å². The number of nitrogens with zero attached hydrogens (tertiary/aromatic N) is 1. The maximum atomic E-state index is 12.0. The van der Waals surface area contributed by atoms with Crippen molar-refractivity contribution in [1.82, 2.24) is 4.90 Å². The highest BCUT2D eigenvalue weighted by Gasteiger charge is 2.64. The molecule has 2 N–H and O–H groups in total. The molecule has 1 atom stereocenters. The monoisotopic (exact) mass is 317 g/mol. The molecule has 7 heteroatoms. The number of aliphatic carboxylic acids is 1. The van der Waals surface area contributed by atoms with Gasteiger partial charge in [0.15, 0.2) is 0 Å². The van der Waals surface area contributed by atoms with Crippen LogP contribution in [-0.4, -0.2) is 63.0 Å². The first-order chi connectivity index (χ1) is 9.60. The lowest BCUT2D eigenvalue weighted by Gasteiger charge is -2.55. The molecule has 2 fully saturated rings. The third-order valence-corrected chi connectivity index (χ3v) is 5.35. The molecule has 1 unspecified atom stereocenters. The van der Waals surface area contributed by atoms with E-state index in [2.05, 4.69) is 0 Å². The molecule has 2 aliphatic heterocycles. The molecule has 0 bridgehead atoms. The minimum absolute atomic E-state index is 0.00824. The van der Waals surface area contributed by atoms with Crippen LogP contribution in [0.4, 0.5) is 4.79 Å². The maximum Gasteiger partial charge on any atom is 0.410 e. The van der Waals surface area contributed by atoms with E-state index in [-0.39, 0.29) is 13.1 Å². The van der Waals surface area contributed by atoms with Gasteiger partial charge in [0.25, 0.3) is 0 Å². The number of carboxylic acid groups (broad SMARTS) is 1. The second-order valence-electron chi connectivity index (χ2n) is 6.91. The van der Waals surface area contributed by atoms with Crippen LogP contribution in [0.15, 0.2) is 0 Å². The molecule has 2 aliphatic rings. The second-order valence-corrected chi connectivity index (χ2v) is 8.02. The van der Waals surface area contributed by atoms with Crippen LogP contribution in [0.25, 0.3) is 0 Å². The molecule has 0 aromatic heterocycles. The molecule has 2 heterocycles. The van der Waals surface area contributed by atoms with E-state index >= 15 is 0 Å². The summed E-state index contributed by atoms with van der Waals surface area (Å²) in [7, 11) is 0. The Morgan fingerprint density at radius 2 is 1.90 bits per heavy atom. The number of aliphatic hydroxyl groups is 1. The highest BCUT2D eigenvalue weighted by atomic mass is 32.2. The summed E-state index contributed by atoms with van der Waals surface area (Å²) in [4.78, 5) is 25.0. The Morgan fingerprint density at radius 3 is 2.33 bits per heavy atom. The topological polar surface area (TPSA) is 87.1 Å². The van der Waals surface area contributed by atoms with Gasteiger partial charge in [-0.2, -0.15) is 11.8 Å². The van der Waals surface area contributed by atoms with Crippen LogP contribution in [-0.2, 0) is 9.53 Å². The van der Waals surface area contributed by atoms with E-state index in [9.17, 15) is 19.8 Å². The first kappa shape index (κ1) is 16.4. The normalized spacial score (nSPS) is 28.7. The predicted molar refractivity (Wildman–Crippen MR) is 79.4 cm³/mol. The highest BCUT2D eigenvalue weighted by Crippen LogP contribution is 2.47. The molecule has 21 heavy (non-hydrogen) atoms. The molecular weight excluding hydrogens is 294 g/mol. The number of carboxylic acids is 1. The van der Waals surface area contributed by atoms with Crippen LogP contribution in [0.3, 0.4) is 0 Å². The third kappa shape index (κ3) is 2.99. The fraction of sp³-hybridized carbons (Fsp3) is 0.857. The smallest absolute Gasteiger partial charge is 0.410 e. The fourth-order valence-electron chi connectivity index (χ4n) is 2.85. The average Bonchev–Trinajstić information content (AvgIpc) is 2.24. The molecule has 0 saturated carbocycles. The highest BCUT2D eigenvalue weighted by molar-refractivity contribution is 7.99. The van der Waals surface area contributed by atoms with Crippen molar-refractivity contribution in [1.29, 1.82) is 0 Å². The van der Waals surface area contributed by atoms with Crippen LogP contribution >= 0.6 is 11.8 Å². The molecule has 0 radical (unpaired) electrons. The minimum Gasteiger partial charge on any atom is -0.481 e. The molecule has 6 nitrogen and oxygen atoms in total. The molecule has 0 aliphatic carbocycles. The number of amides is 1. The van der Waals surface area contributed by atoms with E-state index in [0.717, 1.165) is 12.2 Å². The van der Waals surface area contributed by atoms with Crippen molar-refractivity contribution in [2.45, 2.75) is 44.8 Å². The van der Waals surface area contributed by atoms with Crippen molar-refractivity contribution in [2.24, 2.45) is 5.41 Å². The molecule has 0 spiro atoms. The number of carbonyl (C=O) groups excluding carboxylic acids is 1. The van der Waals surface area contributed by atoms with Crippen molar-refractivity contribution in [2.75, 3.05) is 24.6 Å². The molecule has 0 aromatic carbocycles. The van der Waals surface area contributed by atoms with Crippen molar-refractivity contribution in [3.8, 4) is 0 Å². The van der Waals surface area contributed by atoms with Gasteiger partial charge in [0, 0.05) is 18.8 Å². The van der Waals surface area contributed by atoms with Crippen molar-refractivity contribution < 1.29 is 24.5 Å². The second kappa shape index (κ2) is 5.35. The maximum absolute atomic E-state index is 12.0. The van der Waals surface area contributed by atoms with Gasteiger partial charge >= 0.3 is 12.1 Å². The van der Waals surface area contributed by atoms with Crippen LogP contribution < -0.4 is 0 Å². The van der Waals surface area contributed by atoms with Crippen molar-refractivity contribution in [3.05, 3.63) is 0 Å². The Balaban J connectivity index is 2.08. The number of thioether (sulfide) groups is 1. The van der Waals surface area contributed by atoms with E-state index < -0.39 is 28.7 Å². The Morgan fingerprint density at radius 1 is 1.29 bits per heavy atom. The molecule has 1 amide bonds. The largest absolute Gasteiger partial charge is 0.481 e. The Bertz CT molecular complexity index is 433. The zero-order valence-corrected chi connectivity index (χ0v) is 13.5. The first-order valence-electron chi connectivity index (χ1n) is 7.11. The molecule has 2 saturated heterocycles. The Kier molecular flexibility index (Phi) is 4.19. The first-order valence-corrected chi connectivity index (χ1v) is 8.27.